The molecule has 0 saturated carbocycles. The Morgan fingerprint density at radius 3 is 2.70 bits per heavy atom. The number of hydrogen-bond donors (Lipinski definition) is 0. The van der Waals surface area contributed by atoms with E-state index in [0.717, 1.165) is 36.2 Å². The highest BCUT2D eigenvalue weighted by atomic mass is 79.9. The maximum atomic E-state index is 12.3. The lowest BCUT2D eigenvalue weighted by molar-refractivity contribution is -0.137. The van der Waals surface area contributed by atoms with Crippen LogP contribution in [-0.4, -0.2) is 50.0 Å². The van der Waals surface area contributed by atoms with E-state index in [-0.39, 0.29) is 12.2 Å². The van der Waals surface area contributed by atoms with Crippen molar-refractivity contribution in [3.05, 3.63) is 28.7 Å². The molecule has 23 heavy (non-hydrogen) atoms. The smallest absolute Gasteiger partial charge is 0.225 e. The Hall–Kier alpha value is -1.11. The van der Waals surface area contributed by atoms with E-state index in [1.807, 2.05) is 29.2 Å². The van der Waals surface area contributed by atoms with Gasteiger partial charge in [0.25, 0.3) is 0 Å². The Morgan fingerprint density at radius 2 is 2.00 bits per heavy atom. The molecule has 1 amide bonds. The molecule has 2 aliphatic rings. The number of benzene rings is 1. The molecule has 0 spiro atoms. The molecule has 6 heteroatoms. The topological polar surface area (TPSA) is 48.0 Å². The van der Waals surface area contributed by atoms with Gasteiger partial charge in [0.2, 0.25) is 5.91 Å². The number of amides is 1. The third-order valence-electron chi connectivity index (χ3n) is 4.31. The lowest BCUT2D eigenvalue weighted by Gasteiger charge is -2.33. The minimum absolute atomic E-state index is 0.0629. The van der Waals surface area contributed by atoms with Crippen LogP contribution in [-0.2, 0) is 14.3 Å². The number of likely N-dealkylation sites (tertiary alicyclic amines) is 1. The fraction of sp³-hybridized carbons (Fsp3) is 0.588. The molecular formula is C17H22BrNO4. The van der Waals surface area contributed by atoms with Crippen LogP contribution in [0.25, 0.3) is 0 Å². The lowest BCUT2D eigenvalue weighted by atomic mass is 9.96. The molecule has 2 heterocycles. The van der Waals surface area contributed by atoms with Crippen LogP contribution in [0.15, 0.2) is 28.7 Å². The highest BCUT2D eigenvalue weighted by Crippen LogP contribution is 2.26. The quantitative estimate of drug-likeness (QED) is 0.784. The number of carbonyl (C=O) groups is 1. The van der Waals surface area contributed by atoms with Gasteiger partial charge in [-0.3, -0.25) is 4.79 Å². The van der Waals surface area contributed by atoms with E-state index in [1.165, 1.54) is 0 Å². The molecule has 2 saturated heterocycles. The first-order valence-electron chi connectivity index (χ1n) is 8.12. The lowest BCUT2D eigenvalue weighted by Crippen LogP contribution is -2.41. The number of nitrogens with zero attached hydrogens (tertiary/aromatic N) is 1. The third-order valence-corrected chi connectivity index (χ3v) is 4.80. The molecule has 1 aromatic carbocycles. The second-order valence-corrected chi connectivity index (χ2v) is 6.80. The van der Waals surface area contributed by atoms with Crippen molar-refractivity contribution >= 4 is 21.8 Å². The first kappa shape index (κ1) is 16.7. The molecule has 0 aliphatic carbocycles. The molecule has 0 bridgehead atoms. The Morgan fingerprint density at radius 1 is 1.26 bits per heavy atom. The minimum atomic E-state index is -0.0629. The molecule has 2 fully saturated rings. The van der Waals surface area contributed by atoms with E-state index in [1.54, 1.807) is 0 Å². The van der Waals surface area contributed by atoms with Gasteiger partial charge in [0.15, 0.2) is 6.29 Å². The zero-order valence-corrected chi connectivity index (χ0v) is 14.7. The maximum absolute atomic E-state index is 12.3. The van der Waals surface area contributed by atoms with Crippen molar-refractivity contribution in [2.75, 3.05) is 32.9 Å². The van der Waals surface area contributed by atoms with E-state index in [4.69, 9.17) is 14.2 Å². The van der Waals surface area contributed by atoms with Crippen molar-refractivity contribution in [3.8, 4) is 5.75 Å². The first-order chi connectivity index (χ1) is 11.2. The molecule has 5 nitrogen and oxygen atoms in total. The fourth-order valence-corrected chi connectivity index (χ4v) is 3.42. The standard InChI is InChI=1S/C17H22BrNO4/c18-14-2-1-3-15(12-14)21-9-6-16(20)19-7-4-13(5-8-19)17-22-10-11-23-17/h1-3,12-13,17H,4-11H2. The van der Waals surface area contributed by atoms with E-state index >= 15 is 0 Å². The highest BCUT2D eigenvalue weighted by molar-refractivity contribution is 9.10. The van der Waals surface area contributed by atoms with Gasteiger partial charge in [-0.25, -0.2) is 0 Å². The van der Waals surface area contributed by atoms with Crippen LogP contribution in [0.4, 0.5) is 0 Å². The monoisotopic (exact) mass is 383 g/mol. The molecular weight excluding hydrogens is 362 g/mol. The van der Waals surface area contributed by atoms with Crippen molar-refractivity contribution in [3.63, 3.8) is 0 Å². The molecule has 0 unspecified atom stereocenters. The van der Waals surface area contributed by atoms with E-state index in [2.05, 4.69) is 15.9 Å². The number of carbonyl (C=O) groups excluding carboxylic acids is 1. The van der Waals surface area contributed by atoms with Crippen LogP contribution in [0, 0.1) is 5.92 Å². The van der Waals surface area contributed by atoms with Gasteiger partial charge in [-0.15, -0.1) is 0 Å². The van der Waals surface area contributed by atoms with Crippen LogP contribution >= 0.6 is 15.9 Å². The Balaban J connectivity index is 1.37. The van der Waals surface area contributed by atoms with Gasteiger partial charge < -0.3 is 19.1 Å². The van der Waals surface area contributed by atoms with Crippen LogP contribution in [0.1, 0.15) is 19.3 Å². The van der Waals surface area contributed by atoms with Gasteiger partial charge in [0.05, 0.1) is 26.2 Å². The number of piperidine rings is 1. The second-order valence-electron chi connectivity index (χ2n) is 5.88. The summed E-state index contributed by atoms with van der Waals surface area (Å²) in [5.74, 6) is 1.35. The summed E-state index contributed by atoms with van der Waals surface area (Å²) in [6, 6.07) is 7.65. The summed E-state index contributed by atoms with van der Waals surface area (Å²) in [7, 11) is 0. The Bertz CT molecular complexity index is 525. The maximum Gasteiger partial charge on any atom is 0.225 e. The molecule has 0 aromatic heterocycles. The summed E-state index contributed by atoms with van der Waals surface area (Å²) in [5.41, 5.74) is 0. The van der Waals surface area contributed by atoms with Gasteiger partial charge in [-0.2, -0.15) is 0 Å². The van der Waals surface area contributed by atoms with Crippen molar-refractivity contribution < 1.29 is 19.0 Å². The Kier molecular flexibility index (Phi) is 5.91. The van der Waals surface area contributed by atoms with E-state index < -0.39 is 0 Å². The van der Waals surface area contributed by atoms with Crippen LogP contribution in [0.5, 0.6) is 5.75 Å². The average Bonchev–Trinajstić information content (AvgIpc) is 3.09. The van der Waals surface area contributed by atoms with Gasteiger partial charge in [-0.1, -0.05) is 22.0 Å². The van der Waals surface area contributed by atoms with Crippen molar-refractivity contribution in [1.29, 1.82) is 0 Å². The SMILES string of the molecule is O=C(CCOc1cccc(Br)c1)N1CCC(C2OCCO2)CC1. The summed E-state index contributed by atoms with van der Waals surface area (Å²) < 4.78 is 17.7. The molecule has 0 atom stereocenters. The van der Waals surface area contributed by atoms with E-state index in [9.17, 15) is 4.79 Å². The highest BCUT2D eigenvalue weighted by Gasteiger charge is 2.31. The summed E-state index contributed by atoms with van der Waals surface area (Å²) in [6.45, 7) is 3.35. The second kappa shape index (κ2) is 8.13. The van der Waals surface area contributed by atoms with Gasteiger partial charge in [-0.05, 0) is 31.0 Å². The number of halogens is 1. The summed E-state index contributed by atoms with van der Waals surface area (Å²) in [4.78, 5) is 14.2. The van der Waals surface area contributed by atoms with Crippen molar-refractivity contribution in [1.82, 2.24) is 4.90 Å². The van der Waals surface area contributed by atoms with Crippen molar-refractivity contribution in [2.24, 2.45) is 5.92 Å². The largest absolute Gasteiger partial charge is 0.493 e. The molecule has 0 N–H and O–H groups in total. The predicted molar refractivity (Wildman–Crippen MR) is 89.3 cm³/mol. The molecule has 2 aliphatic heterocycles. The Labute approximate surface area is 145 Å². The summed E-state index contributed by atoms with van der Waals surface area (Å²) in [6.07, 6.45) is 2.24. The number of hydrogen-bond acceptors (Lipinski definition) is 4. The number of rotatable bonds is 5. The van der Waals surface area contributed by atoms with Crippen LogP contribution < -0.4 is 4.74 Å². The fourth-order valence-electron chi connectivity index (χ4n) is 3.04. The normalized spacial score (nSPS) is 20.0. The predicted octanol–water partition coefficient (Wildman–Crippen LogP) is 2.83. The zero-order chi connectivity index (χ0) is 16.1. The third kappa shape index (κ3) is 4.68. The number of ether oxygens (including phenoxy) is 3. The zero-order valence-electron chi connectivity index (χ0n) is 13.1. The van der Waals surface area contributed by atoms with Crippen LogP contribution in [0.2, 0.25) is 0 Å². The molecule has 1 aromatic rings. The average molecular weight is 384 g/mol. The summed E-state index contributed by atoms with van der Waals surface area (Å²) in [5, 5.41) is 0. The minimum Gasteiger partial charge on any atom is -0.493 e. The van der Waals surface area contributed by atoms with Crippen LogP contribution in [0.3, 0.4) is 0 Å². The van der Waals surface area contributed by atoms with Gasteiger partial charge in [0.1, 0.15) is 5.75 Å². The summed E-state index contributed by atoms with van der Waals surface area (Å²) >= 11 is 3.40. The van der Waals surface area contributed by atoms with Crippen molar-refractivity contribution in [2.45, 2.75) is 25.6 Å². The molecule has 0 radical (unpaired) electrons. The van der Waals surface area contributed by atoms with Gasteiger partial charge >= 0.3 is 0 Å². The molecule has 126 valence electrons. The molecule has 3 rings (SSSR count). The first-order valence-corrected chi connectivity index (χ1v) is 8.91. The van der Waals surface area contributed by atoms with E-state index in [0.29, 0.717) is 32.2 Å². The van der Waals surface area contributed by atoms with Gasteiger partial charge in [0, 0.05) is 23.5 Å².